The summed E-state index contributed by atoms with van der Waals surface area (Å²) < 4.78 is 17.2. The van der Waals surface area contributed by atoms with Gasteiger partial charge in [0.25, 0.3) is 0 Å². The van der Waals surface area contributed by atoms with Crippen LogP contribution in [0, 0.1) is 0 Å². The minimum Gasteiger partial charge on any atom is -0.873 e. The van der Waals surface area contributed by atoms with Crippen molar-refractivity contribution in [2.45, 2.75) is 52.7 Å². The number of esters is 3. The van der Waals surface area contributed by atoms with Crippen molar-refractivity contribution in [3.8, 4) is 0 Å². The molecular weight excluding hydrogens is 426 g/mol. The summed E-state index contributed by atoms with van der Waals surface area (Å²) in [5, 5.41) is 14.2. The molecule has 1 aliphatic heterocycles. The fraction of sp³-hybridized carbons (Fsp3) is 0.360. The average molecular weight is 453 g/mol. The van der Waals surface area contributed by atoms with Gasteiger partial charge in [-0.15, -0.1) is 0 Å². The standard InChI is InChI=1S/C25H27NO7/c1-24(2,3)32-22(29)19(18-17(27)14-31-21(18)28)20(23(30)33-25(4,5)6)26-12-11-15-9-7-8-10-16(15)13-26/h7-13H,14H2,1-6H3. The lowest BCUT2D eigenvalue weighted by molar-refractivity contribution is -0.577. The summed E-state index contributed by atoms with van der Waals surface area (Å²) in [5.41, 5.74) is -3.21. The van der Waals surface area contributed by atoms with Crippen molar-refractivity contribution in [3.05, 3.63) is 59.6 Å². The molecule has 0 radical (unpaired) electrons. The lowest BCUT2D eigenvalue weighted by Gasteiger charge is -2.23. The zero-order valence-corrected chi connectivity index (χ0v) is 19.6. The first kappa shape index (κ1) is 24.0. The highest BCUT2D eigenvalue weighted by Gasteiger charge is 2.41. The number of cyclic esters (lactones) is 1. The van der Waals surface area contributed by atoms with E-state index < -0.39 is 52.6 Å². The highest BCUT2D eigenvalue weighted by atomic mass is 16.6. The van der Waals surface area contributed by atoms with Crippen LogP contribution in [0.1, 0.15) is 41.5 Å². The van der Waals surface area contributed by atoms with Gasteiger partial charge in [-0.25, -0.2) is 14.4 Å². The fourth-order valence-corrected chi connectivity index (χ4v) is 3.21. The van der Waals surface area contributed by atoms with Gasteiger partial charge in [-0.3, -0.25) is 0 Å². The van der Waals surface area contributed by atoms with Crippen LogP contribution in [0.5, 0.6) is 0 Å². The minimum atomic E-state index is -1.01. The van der Waals surface area contributed by atoms with Crippen LogP contribution in [0.4, 0.5) is 0 Å². The normalized spacial score (nSPS) is 15.3. The van der Waals surface area contributed by atoms with E-state index in [1.54, 1.807) is 60.0 Å². The van der Waals surface area contributed by atoms with Gasteiger partial charge in [-0.2, -0.15) is 4.57 Å². The largest absolute Gasteiger partial charge is 0.873 e. The molecular formula is C25H27NO7. The highest BCUT2D eigenvalue weighted by Crippen LogP contribution is 2.28. The topological polar surface area (TPSA) is 106 Å². The van der Waals surface area contributed by atoms with Crippen LogP contribution in [0.15, 0.2) is 59.6 Å². The SMILES string of the molecule is CC(C)(C)OC(=O)/C(C1=C([O-])COC1=O)=C(\C(=O)OC(C)(C)C)[n+]1ccc2ccccc2c1. The van der Waals surface area contributed by atoms with Gasteiger partial charge in [0.1, 0.15) is 17.8 Å². The van der Waals surface area contributed by atoms with Crippen LogP contribution >= 0.6 is 0 Å². The lowest BCUT2D eigenvalue weighted by Crippen LogP contribution is -2.42. The molecule has 8 heteroatoms. The van der Waals surface area contributed by atoms with Crippen LogP contribution < -0.4 is 9.67 Å². The Balaban J connectivity index is 2.36. The van der Waals surface area contributed by atoms with Crippen molar-refractivity contribution >= 4 is 34.4 Å². The molecule has 0 saturated carbocycles. The molecule has 174 valence electrons. The van der Waals surface area contributed by atoms with E-state index in [4.69, 9.17) is 14.2 Å². The number of rotatable bonds is 4. The zero-order chi connectivity index (χ0) is 24.6. The number of aromatic nitrogens is 1. The number of ether oxygens (including phenoxy) is 3. The molecule has 2 aromatic rings. The van der Waals surface area contributed by atoms with Gasteiger partial charge >= 0.3 is 23.6 Å². The quantitative estimate of drug-likeness (QED) is 0.302. The van der Waals surface area contributed by atoms with E-state index in [1.807, 2.05) is 24.3 Å². The molecule has 0 saturated heterocycles. The van der Waals surface area contributed by atoms with E-state index >= 15 is 0 Å². The second kappa shape index (κ2) is 8.69. The van der Waals surface area contributed by atoms with Crippen molar-refractivity contribution in [2.24, 2.45) is 0 Å². The Morgan fingerprint density at radius 1 is 0.939 bits per heavy atom. The van der Waals surface area contributed by atoms with E-state index in [1.165, 1.54) is 4.57 Å². The van der Waals surface area contributed by atoms with E-state index in [0.29, 0.717) is 0 Å². The van der Waals surface area contributed by atoms with Crippen molar-refractivity contribution in [2.75, 3.05) is 6.61 Å². The summed E-state index contributed by atoms with van der Waals surface area (Å²) in [6.45, 7) is 9.40. The van der Waals surface area contributed by atoms with Gasteiger partial charge in [-0.05, 0) is 53.0 Å². The number of carbonyl (C=O) groups is 3. The number of fused-ring (bicyclic) bond motifs is 1. The number of nitrogens with zero attached hydrogens (tertiary/aromatic N) is 1. The summed E-state index contributed by atoms with van der Waals surface area (Å²) in [6, 6.07) is 9.15. The van der Waals surface area contributed by atoms with Gasteiger partial charge in [0, 0.05) is 11.5 Å². The van der Waals surface area contributed by atoms with Crippen molar-refractivity contribution in [1.82, 2.24) is 0 Å². The molecule has 2 heterocycles. The zero-order valence-electron chi connectivity index (χ0n) is 19.6. The van der Waals surface area contributed by atoms with Crippen LogP contribution in [0.2, 0.25) is 0 Å². The summed E-state index contributed by atoms with van der Waals surface area (Å²) in [6.07, 6.45) is 3.17. The van der Waals surface area contributed by atoms with Crippen molar-refractivity contribution in [1.29, 1.82) is 0 Å². The van der Waals surface area contributed by atoms with Gasteiger partial charge in [0.15, 0.2) is 18.0 Å². The minimum absolute atomic E-state index is 0.313. The van der Waals surface area contributed by atoms with E-state index in [9.17, 15) is 19.5 Å². The van der Waals surface area contributed by atoms with Crippen molar-refractivity contribution < 1.29 is 38.3 Å². The van der Waals surface area contributed by atoms with E-state index in [-0.39, 0.29) is 5.70 Å². The third-order valence-corrected chi connectivity index (χ3v) is 4.45. The first-order valence-corrected chi connectivity index (χ1v) is 10.5. The Bertz CT molecular complexity index is 1190. The summed E-state index contributed by atoms with van der Waals surface area (Å²) >= 11 is 0. The Morgan fingerprint density at radius 3 is 2.06 bits per heavy atom. The molecule has 8 nitrogen and oxygen atoms in total. The second-order valence-corrected chi connectivity index (χ2v) is 9.58. The average Bonchev–Trinajstić information content (AvgIpc) is 3.01. The molecule has 0 unspecified atom stereocenters. The first-order chi connectivity index (χ1) is 15.3. The molecule has 1 aromatic heterocycles. The molecule has 1 aromatic carbocycles. The van der Waals surface area contributed by atoms with Gasteiger partial charge in [-0.1, -0.05) is 24.0 Å². The second-order valence-electron chi connectivity index (χ2n) is 9.58. The number of benzene rings is 1. The fourth-order valence-electron chi connectivity index (χ4n) is 3.21. The molecule has 0 spiro atoms. The molecule has 0 N–H and O–H groups in total. The van der Waals surface area contributed by atoms with E-state index in [0.717, 1.165) is 10.8 Å². The molecule has 0 fully saturated rings. The lowest BCUT2D eigenvalue weighted by atomic mass is 10.0. The monoisotopic (exact) mass is 453 g/mol. The Hall–Kier alpha value is -3.68. The molecule has 0 bridgehead atoms. The predicted molar refractivity (Wildman–Crippen MR) is 117 cm³/mol. The summed E-state index contributed by atoms with van der Waals surface area (Å²) in [5.74, 6) is -3.62. The van der Waals surface area contributed by atoms with Crippen molar-refractivity contribution in [3.63, 3.8) is 0 Å². The summed E-state index contributed by atoms with van der Waals surface area (Å²) in [7, 11) is 0. The van der Waals surface area contributed by atoms with E-state index in [2.05, 4.69) is 0 Å². The van der Waals surface area contributed by atoms with Crippen LogP contribution in [0.3, 0.4) is 0 Å². The summed E-state index contributed by atoms with van der Waals surface area (Å²) in [4.78, 5) is 39.2. The third kappa shape index (κ3) is 5.58. The van der Waals surface area contributed by atoms with Gasteiger partial charge in [0.05, 0.1) is 5.57 Å². The Kier molecular flexibility index (Phi) is 6.31. The van der Waals surface area contributed by atoms with Crippen LogP contribution in [-0.4, -0.2) is 35.7 Å². The van der Waals surface area contributed by atoms with Gasteiger partial charge < -0.3 is 19.3 Å². The first-order valence-electron chi connectivity index (χ1n) is 10.5. The number of hydrogen-bond donors (Lipinski definition) is 0. The molecule has 3 rings (SSSR count). The maximum absolute atomic E-state index is 13.4. The van der Waals surface area contributed by atoms with Crippen LogP contribution in [0.25, 0.3) is 16.5 Å². The third-order valence-electron chi connectivity index (χ3n) is 4.45. The predicted octanol–water partition coefficient (Wildman–Crippen LogP) is 2.19. The smallest absolute Gasteiger partial charge is 0.405 e. The number of pyridine rings is 1. The maximum atomic E-state index is 13.4. The number of hydrogen-bond acceptors (Lipinski definition) is 7. The molecule has 1 aliphatic rings. The Morgan fingerprint density at radius 2 is 1.52 bits per heavy atom. The maximum Gasteiger partial charge on any atom is 0.405 e. The van der Waals surface area contributed by atoms with Gasteiger partial charge in [0.2, 0.25) is 0 Å². The Labute approximate surface area is 192 Å². The molecule has 0 aliphatic carbocycles. The number of carbonyl (C=O) groups excluding carboxylic acids is 3. The molecule has 33 heavy (non-hydrogen) atoms. The molecule has 0 atom stereocenters. The highest BCUT2D eigenvalue weighted by molar-refractivity contribution is 6.21. The molecule has 0 amide bonds. The van der Waals surface area contributed by atoms with Crippen LogP contribution in [-0.2, 0) is 28.6 Å².